The van der Waals surface area contributed by atoms with Gasteiger partial charge in [-0.1, -0.05) is 24.3 Å². The highest BCUT2D eigenvalue weighted by molar-refractivity contribution is 5.86. The Bertz CT molecular complexity index is 1430. The normalized spacial score (nSPS) is 11.2. The predicted molar refractivity (Wildman–Crippen MR) is 110 cm³/mol. The van der Waals surface area contributed by atoms with Crippen LogP contribution in [0.2, 0.25) is 0 Å². The summed E-state index contributed by atoms with van der Waals surface area (Å²) in [6.07, 6.45) is 7.95. The van der Waals surface area contributed by atoms with Crippen molar-refractivity contribution in [1.82, 2.24) is 19.5 Å². The second-order valence-corrected chi connectivity index (χ2v) is 6.79. The minimum atomic E-state index is -0.358. The molecule has 0 atom stereocenters. The largest absolute Gasteiger partial charge is 0.301 e. The molecule has 0 spiro atoms. The van der Waals surface area contributed by atoms with Crippen LogP contribution in [0, 0.1) is 5.82 Å². The van der Waals surface area contributed by atoms with Crippen molar-refractivity contribution in [3.05, 3.63) is 101 Å². The van der Waals surface area contributed by atoms with Crippen LogP contribution in [-0.2, 0) is 6.54 Å². The van der Waals surface area contributed by atoms with Crippen molar-refractivity contribution in [1.29, 1.82) is 0 Å². The van der Waals surface area contributed by atoms with Crippen LogP contribution in [0.4, 0.5) is 4.39 Å². The number of hydrogen-bond donors (Lipinski definition) is 0. The average Bonchev–Trinajstić information content (AvgIpc) is 2.76. The van der Waals surface area contributed by atoms with Crippen molar-refractivity contribution in [2.75, 3.05) is 0 Å². The lowest BCUT2D eigenvalue weighted by molar-refractivity contribution is 0.599. The molecule has 5 rings (SSSR count). The van der Waals surface area contributed by atoms with Crippen molar-refractivity contribution in [2.24, 2.45) is 0 Å². The lowest BCUT2D eigenvalue weighted by Gasteiger charge is -2.11. The van der Waals surface area contributed by atoms with Gasteiger partial charge in [0.1, 0.15) is 11.3 Å². The first-order valence-electron chi connectivity index (χ1n) is 9.11. The first-order chi connectivity index (χ1) is 14.2. The zero-order chi connectivity index (χ0) is 19.8. The molecular formula is C23H15FN4O. The molecule has 0 aliphatic heterocycles. The number of aromatic nitrogens is 4. The molecule has 0 N–H and O–H groups in total. The van der Waals surface area contributed by atoms with E-state index in [9.17, 15) is 9.18 Å². The Morgan fingerprint density at radius 2 is 1.62 bits per heavy atom. The number of pyridine rings is 2. The molecular weight excluding hydrogens is 367 g/mol. The number of hydrogen-bond acceptors (Lipinski definition) is 4. The van der Waals surface area contributed by atoms with E-state index in [0.717, 1.165) is 21.9 Å². The third kappa shape index (κ3) is 3.14. The fraction of sp³-hybridized carbons (Fsp3) is 0.0435. The van der Waals surface area contributed by atoms with Crippen LogP contribution in [0.5, 0.6) is 0 Å². The Morgan fingerprint density at radius 3 is 2.52 bits per heavy atom. The van der Waals surface area contributed by atoms with E-state index in [-0.39, 0.29) is 17.9 Å². The molecule has 0 aliphatic carbocycles. The maximum Gasteiger partial charge on any atom is 0.269 e. The van der Waals surface area contributed by atoms with E-state index in [1.165, 1.54) is 16.8 Å². The highest BCUT2D eigenvalue weighted by Gasteiger charge is 2.10. The van der Waals surface area contributed by atoms with Gasteiger partial charge >= 0.3 is 0 Å². The Morgan fingerprint density at radius 1 is 0.828 bits per heavy atom. The number of halogens is 1. The standard InChI is InChI=1S/C23H15FN4O/c24-20-10-16(15-1-3-18-11-25-7-5-17(18)9-15)2-4-19(20)14-28-22-6-8-26-12-21(22)27-13-23(28)29/h1-13H,14H2. The molecule has 0 aliphatic rings. The van der Waals surface area contributed by atoms with Gasteiger partial charge in [-0.15, -0.1) is 0 Å². The van der Waals surface area contributed by atoms with E-state index in [4.69, 9.17) is 0 Å². The summed E-state index contributed by atoms with van der Waals surface area (Å²) in [6, 6.07) is 14.7. The smallest absolute Gasteiger partial charge is 0.269 e. The lowest BCUT2D eigenvalue weighted by Crippen LogP contribution is -2.21. The van der Waals surface area contributed by atoms with Crippen LogP contribution in [0.3, 0.4) is 0 Å². The summed E-state index contributed by atoms with van der Waals surface area (Å²) in [4.78, 5) is 24.5. The quantitative estimate of drug-likeness (QED) is 0.469. The van der Waals surface area contributed by atoms with Gasteiger partial charge in [0.05, 0.1) is 24.5 Å². The minimum absolute atomic E-state index is 0.122. The molecule has 3 heterocycles. The molecule has 2 aromatic carbocycles. The van der Waals surface area contributed by atoms with E-state index in [2.05, 4.69) is 15.0 Å². The molecule has 0 saturated heterocycles. The van der Waals surface area contributed by atoms with Gasteiger partial charge in [-0.2, -0.15) is 0 Å². The molecule has 6 heteroatoms. The Labute approximate surface area is 165 Å². The summed E-state index contributed by atoms with van der Waals surface area (Å²) in [5, 5.41) is 2.08. The van der Waals surface area contributed by atoms with E-state index in [1.54, 1.807) is 36.9 Å². The van der Waals surface area contributed by atoms with E-state index >= 15 is 0 Å². The molecule has 3 aromatic heterocycles. The van der Waals surface area contributed by atoms with E-state index in [0.29, 0.717) is 16.6 Å². The summed E-state index contributed by atoms with van der Waals surface area (Å²) in [5.74, 6) is -0.358. The lowest BCUT2D eigenvalue weighted by atomic mass is 10.0. The highest BCUT2D eigenvalue weighted by atomic mass is 19.1. The van der Waals surface area contributed by atoms with Crippen LogP contribution in [0.25, 0.3) is 32.9 Å². The van der Waals surface area contributed by atoms with Crippen molar-refractivity contribution in [2.45, 2.75) is 6.54 Å². The topological polar surface area (TPSA) is 60.7 Å². The molecule has 5 aromatic rings. The second-order valence-electron chi connectivity index (χ2n) is 6.79. The number of fused-ring (bicyclic) bond motifs is 2. The molecule has 140 valence electrons. The molecule has 29 heavy (non-hydrogen) atoms. The average molecular weight is 382 g/mol. The van der Waals surface area contributed by atoms with Gasteiger partial charge in [0.2, 0.25) is 0 Å². The summed E-state index contributed by atoms with van der Waals surface area (Å²) in [5.41, 5.74) is 3.07. The fourth-order valence-corrected chi connectivity index (χ4v) is 3.47. The monoisotopic (exact) mass is 382 g/mol. The summed E-state index contributed by atoms with van der Waals surface area (Å²) in [6.45, 7) is 0.122. The van der Waals surface area contributed by atoms with Crippen molar-refractivity contribution in [3.63, 3.8) is 0 Å². The first kappa shape index (κ1) is 17.2. The predicted octanol–water partition coefficient (Wildman–Crippen LogP) is 4.19. The van der Waals surface area contributed by atoms with Gasteiger partial charge in [-0.05, 0) is 40.8 Å². The molecule has 0 bridgehead atoms. The summed E-state index contributed by atoms with van der Waals surface area (Å²) < 4.78 is 16.4. The Hall–Kier alpha value is -3.93. The first-order valence-corrected chi connectivity index (χ1v) is 9.11. The molecule has 0 radical (unpaired) electrons. The van der Waals surface area contributed by atoms with Gasteiger partial charge in [0.25, 0.3) is 5.56 Å². The number of benzene rings is 2. The molecule has 0 unspecified atom stereocenters. The Balaban J connectivity index is 1.53. The molecule has 0 amide bonds. The molecule has 0 fully saturated rings. The van der Waals surface area contributed by atoms with Gasteiger partial charge < -0.3 is 4.57 Å². The summed E-state index contributed by atoms with van der Waals surface area (Å²) in [7, 11) is 0. The highest BCUT2D eigenvalue weighted by Crippen LogP contribution is 2.26. The van der Waals surface area contributed by atoms with Crippen LogP contribution in [0.1, 0.15) is 5.56 Å². The maximum absolute atomic E-state index is 14.9. The SMILES string of the molecule is O=c1cnc2cnccc2n1Cc1ccc(-c2ccc3cnccc3c2)cc1F. The van der Waals surface area contributed by atoms with E-state index in [1.807, 2.05) is 30.3 Å². The van der Waals surface area contributed by atoms with Crippen molar-refractivity contribution < 1.29 is 4.39 Å². The van der Waals surface area contributed by atoms with Crippen molar-refractivity contribution in [3.8, 4) is 11.1 Å². The van der Waals surface area contributed by atoms with E-state index < -0.39 is 0 Å². The van der Waals surface area contributed by atoms with Gasteiger partial charge in [0, 0.05) is 29.5 Å². The van der Waals surface area contributed by atoms with Gasteiger partial charge in [-0.3, -0.25) is 14.8 Å². The van der Waals surface area contributed by atoms with Gasteiger partial charge in [0.15, 0.2) is 0 Å². The number of nitrogens with zero attached hydrogens (tertiary/aromatic N) is 4. The third-order valence-corrected chi connectivity index (χ3v) is 5.00. The Kier molecular flexibility index (Phi) is 4.09. The third-order valence-electron chi connectivity index (χ3n) is 5.00. The van der Waals surface area contributed by atoms with Crippen LogP contribution < -0.4 is 5.56 Å². The second kappa shape index (κ2) is 6.91. The molecule has 5 nitrogen and oxygen atoms in total. The minimum Gasteiger partial charge on any atom is -0.301 e. The maximum atomic E-state index is 14.9. The number of rotatable bonds is 3. The van der Waals surface area contributed by atoms with Crippen molar-refractivity contribution >= 4 is 21.8 Å². The fourth-order valence-electron chi connectivity index (χ4n) is 3.47. The van der Waals surface area contributed by atoms with Crippen LogP contribution in [-0.4, -0.2) is 19.5 Å². The van der Waals surface area contributed by atoms with Crippen LogP contribution in [0.15, 0.2) is 84.3 Å². The summed E-state index contributed by atoms with van der Waals surface area (Å²) >= 11 is 0. The molecule has 0 saturated carbocycles. The van der Waals surface area contributed by atoms with Crippen LogP contribution >= 0.6 is 0 Å². The van der Waals surface area contributed by atoms with Gasteiger partial charge in [-0.25, -0.2) is 9.37 Å². The zero-order valence-corrected chi connectivity index (χ0v) is 15.3. The zero-order valence-electron chi connectivity index (χ0n) is 15.3.